The maximum atomic E-state index is 11.1. The number of benzene rings is 2. The van der Waals surface area contributed by atoms with E-state index in [1.165, 1.54) is 5.56 Å². The largest absolute Gasteiger partial charge is 0.480 e. The van der Waals surface area contributed by atoms with E-state index in [-0.39, 0.29) is 6.54 Å². The smallest absolute Gasteiger partial charge is 0.323 e. The molecule has 0 aliphatic carbocycles. The molecule has 104 valence electrons. The molecule has 0 bridgehead atoms. The number of rotatable bonds is 5. The van der Waals surface area contributed by atoms with E-state index in [9.17, 15) is 4.79 Å². The topological polar surface area (TPSA) is 40.5 Å². The van der Waals surface area contributed by atoms with Crippen LogP contribution in [0.2, 0.25) is 0 Å². The van der Waals surface area contributed by atoms with Crippen molar-refractivity contribution >= 4 is 11.7 Å². The van der Waals surface area contributed by atoms with Crippen LogP contribution >= 0.6 is 0 Å². The van der Waals surface area contributed by atoms with E-state index >= 15 is 0 Å². The minimum Gasteiger partial charge on any atom is -0.480 e. The average Bonchev–Trinajstić information content (AvgIpc) is 2.38. The zero-order valence-electron chi connectivity index (χ0n) is 11.8. The molecule has 0 saturated carbocycles. The molecule has 0 radical (unpaired) electrons. The Bertz CT molecular complexity index is 607. The molecule has 0 aliphatic rings. The normalized spacial score (nSPS) is 10.3. The SMILES string of the molecule is Cc1cccc(CN(CC(=O)O)c2ccccc2C)c1. The van der Waals surface area contributed by atoms with E-state index in [0.29, 0.717) is 6.54 Å². The lowest BCUT2D eigenvalue weighted by Gasteiger charge is -2.25. The summed E-state index contributed by atoms with van der Waals surface area (Å²) in [5.74, 6) is -0.819. The number of hydrogen-bond donors (Lipinski definition) is 1. The minimum atomic E-state index is -0.819. The van der Waals surface area contributed by atoms with Crippen molar-refractivity contribution in [2.24, 2.45) is 0 Å². The maximum absolute atomic E-state index is 11.1. The van der Waals surface area contributed by atoms with Crippen molar-refractivity contribution < 1.29 is 9.90 Å². The highest BCUT2D eigenvalue weighted by Crippen LogP contribution is 2.21. The second-order valence-electron chi connectivity index (χ2n) is 5.03. The maximum Gasteiger partial charge on any atom is 0.323 e. The predicted octanol–water partition coefficient (Wildman–Crippen LogP) is 3.39. The molecular formula is C17H19NO2. The number of aliphatic carboxylic acids is 1. The average molecular weight is 269 g/mol. The van der Waals surface area contributed by atoms with Gasteiger partial charge in [0, 0.05) is 12.2 Å². The van der Waals surface area contributed by atoms with E-state index in [0.717, 1.165) is 16.8 Å². The van der Waals surface area contributed by atoms with Crippen molar-refractivity contribution in [1.82, 2.24) is 0 Å². The molecule has 0 fully saturated rings. The Balaban J connectivity index is 2.29. The number of nitrogens with zero attached hydrogens (tertiary/aromatic N) is 1. The molecule has 0 heterocycles. The first kappa shape index (κ1) is 14.1. The molecule has 0 amide bonds. The van der Waals surface area contributed by atoms with Crippen LogP contribution in [0.4, 0.5) is 5.69 Å². The summed E-state index contributed by atoms with van der Waals surface area (Å²) in [6.45, 7) is 4.64. The van der Waals surface area contributed by atoms with Gasteiger partial charge in [0.25, 0.3) is 0 Å². The monoisotopic (exact) mass is 269 g/mol. The number of carboxylic acid groups (broad SMARTS) is 1. The van der Waals surface area contributed by atoms with Crippen LogP contribution in [-0.4, -0.2) is 17.6 Å². The first-order valence-electron chi connectivity index (χ1n) is 6.64. The van der Waals surface area contributed by atoms with Crippen LogP contribution in [0.15, 0.2) is 48.5 Å². The lowest BCUT2D eigenvalue weighted by Crippen LogP contribution is -2.29. The Labute approximate surface area is 119 Å². The molecule has 1 N–H and O–H groups in total. The summed E-state index contributed by atoms with van der Waals surface area (Å²) < 4.78 is 0. The van der Waals surface area contributed by atoms with Gasteiger partial charge in [-0.2, -0.15) is 0 Å². The van der Waals surface area contributed by atoms with Crippen molar-refractivity contribution in [2.45, 2.75) is 20.4 Å². The fourth-order valence-corrected chi connectivity index (χ4v) is 2.34. The third-order valence-corrected chi connectivity index (χ3v) is 3.24. The first-order chi connectivity index (χ1) is 9.56. The molecule has 20 heavy (non-hydrogen) atoms. The number of aryl methyl sites for hydroxylation is 2. The van der Waals surface area contributed by atoms with Gasteiger partial charge in [-0.05, 0) is 31.0 Å². The van der Waals surface area contributed by atoms with E-state index in [2.05, 4.69) is 6.07 Å². The number of anilines is 1. The summed E-state index contributed by atoms with van der Waals surface area (Å²) in [4.78, 5) is 13.0. The van der Waals surface area contributed by atoms with Crippen LogP contribution in [0.25, 0.3) is 0 Å². The summed E-state index contributed by atoms with van der Waals surface area (Å²) >= 11 is 0. The molecule has 3 nitrogen and oxygen atoms in total. The van der Waals surface area contributed by atoms with E-state index < -0.39 is 5.97 Å². The number of hydrogen-bond acceptors (Lipinski definition) is 2. The third kappa shape index (κ3) is 3.60. The zero-order chi connectivity index (χ0) is 14.5. The lowest BCUT2D eigenvalue weighted by molar-refractivity contribution is -0.135. The second-order valence-corrected chi connectivity index (χ2v) is 5.03. The molecule has 2 rings (SSSR count). The van der Waals surface area contributed by atoms with Gasteiger partial charge >= 0.3 is 5.97 Å². The molecule has 2 aromatic carbocycles. The number of para-hydroxylation sites is 1. The highest BCUT2D eigenvalue weighted by atomic mass is 16.4. The van der Waals surface area contributed by atoms with E-state index in [4.69, 9.17) is 5.11 Å². The van der Waals surface area contributed by atoms with Gasteiger partial charge < -0.3 is 10.0 Å². The summed E-state index contributed by atoms with van der Waals surface area (Å²) in [6, 6.07) is 16.0. The van der Waals surface area contributed by atoms with Crippen LogP contribution < -0.4 is 4.90 Å². The molecule has 0 aliphatic heterocycles. The molecular weight excluding hydrogens is 250 g/mol. The second kappa shape index (κ2) is 6.24. The highest BCUT2D eigenvalue weighted by Gasteiger charge is 2.13. The first-order valence-corrected chi connectivity index (χ1v) is 6.64. The van der Waals surface area contributed by atoms with Gasteiger partial charge in [-0.1, -0.05) is 48.0 Å². The van der Waals surface area contributed by atoms with Crippen molar-refractivity contribution in [3.05, 3.63) is 65.2 Å². The zero-order valence-corrected chi connectivity index (χ0v) is 11.8. The molecule has 3 heteroatoms. The van der Waals surface area contributed by atoms with Crippen LogP contribution in [0.1, 0.15) is 16.7 Å². The van der Waals surface area contributed by atoms with Gasteiger partial charge in [0.1, 0.15) is 6.54 Å². The Kier molecular flexibility index (Phi) is 4.41. The Morgan fingerprint density at radius 2 is 1.85 bits per heavy atom. The van der Waals surface area contributed by atoms with E-state index in [1.807, 2.05) is 61.2 Å². The third-order valence-electron chi connectivity index (χ3n) is 3.24. The summed E-state index contributed by atoms with van der Waals surface area (Å²) in [6.07, 6.45) is 0. The van der Waals surface area contributed by atoms with Gasteiger partial charge in [-0.25, -0.2) is 0 Å². The Morgan fingerprint density at radius 3 is 2.50 bits per heavy atom. The number of carboxylic acids is 1. The van der Waals surface area contributed by atoms with Gasteiger partial charge in [0.15, 0.2) is 0 Å². The van der Waals surface area contributed by atoms with Gasteiger partial charge in [-0.15, -0.1) is 0 Å². The van der Waals surface area contributed by atoms with Crippen molar-refractivity contribution in [1.29, 1.82) is 0 Å². The summed E-state index contributed by atoms with van der Waals surface area (Å²) in [5.41, 5.74) is 4.36. The summed E-state index contributed by atoms with van der Waals surface area (Å²) in [5, 5.41) is 9.13. The fourth-order valence-electron chi connectivity index (χ4n) is 2.34. The van der Waals surface area contributed by atoms with Crippen LogP contribution in [0.5, 0.6) is 0 Å². The van der Waals surface area contributed by atoms with Crippen molar-refractivity contribution in [2.75, 3.05) is 11.4 Å². The minimum absolute atomic E-state index is 0.00120. The molecule has 2 aromatic rings. The van der Waals surface area contributed by atoms with Crippen molar-refractivity contribution in [3.63, 3.8) is 0 Å². The molecule has 0 aromatic heterocycles. The standard InChI is InChI=1S/C17H19NO2/c1-13-6-5-8-15(10-13)11-18(12-17(19)20)16-9-4-3-7-14(16)2/h3-10H,11-12H2,1-2H3,(H,19,20). The lowest BCUT2D eigenvalue weighted by atomic mass is 10.1. The quantitative estimate of drug-likeness (QED) is 0.904. The van der Waals surface area contributed by atoms with Gasteiger partial charge in [0.05, 0.1) is 0 Å². The Hall–Kier alpha value is -2.29. The molecule has 0 saturated heterocycles. The van der Waals surface area contributed by atoms with Crippen LogP contribution in [-0.2, 0) is 11.3 Å². The molecule has 0 spiro atoms. The van der Waals surface area contributed by atoms with Gasteiger partial charge in [-0.3, -0.25) is 4.79 Å². The Morgan fingerprint density at radius 1 is 1.10 bits per heavy atom. The molecule has 0 unspecified atom stereocenters. The van der Waals surface area contributed by atoms with E-state index in [1.54, 1.807) is 0 Å². The van der Waals surface area contributed by atoms with Gasteiger partial charge in [0.2, 0.25) is 0 Å². The van der Waals surface area contributed by atoms with Crippen molar-refractivity contribution in [3.8, 4) is 0 Å². The predicted molar refractivity (Wildman–Crippen MR) is 81.0 cm³/mol. The van der Waals surface area contributed by atoms with Crippen LogP contribution in [0.3, 0.4) is 0 Å². The highest BCUT2D eigenvalue weighted by molar-refractivity contribution is 5.74. The summed E-state index contributed by atoms with van der Waals surface area (Å²) in [7, 11) is 0. The fraction of sp³-hybridized carbons (Fsp3) is 0.235. The van der Waals surface area contributed by atoms with Crippen LogP contribution in [0, 0.1) is 13.8 Å². The number of carbonyl (C=O) groups is 1. The molecule has 0 atom stereocenters.